The fourth-order valence-corrected chi connectivity index (χ4v) is 5.18. The lowest BCUT2D eigenvalue weighted by molar-refractivity contribution is 0.0651. The van der Waals surface area contributed by atoms with Gasteiger partial charge in [0, 0.05) is 38.1 Å². The SMILES string of the molecule is CNc1nc2c(cc(-c3cc(F)cc(C#N)c3)n2CCCN2C(=O)c3ccccc3C2=O)c2c1ncn2C. The van der Waals surface area contributed by atoms with E-state index < -0.39 is 5.82 Å². The van der Waals surface area contributed by atoms with Gasteiger partial charge in [0.2, 0.25) is 0 Å². The van der Waals surface area contributed by atoms with E-state index in [9.17, 15) is 19.2 Å². The lowest BCUT2D eigenvalue weighted by Crippen LogP contribution is -2.31. The largest absolute Gasteiger partial charge is 0.371 e. The number of pyridine rings is 1. The van der Waals surface area contributed by atoms with Crippen molar-refractivity contribution in [3.05, 3.63) is 77.4 Å². The molecule has 4 heterocycles. The second-order valence-corrected chi connectivity index (χ2v) is 9.18. The van der Waals surface area contributed by atoms with Gasteiger partial charge in [0.25, 0.3) is 11.8 Å². The van der Waals surface area contributed by atoms with Gasteiger partial charge < -0.3 is 14.5 Å². The summed E-state index contributed by atoms with van der Waals surface area (Å²) in [6.45, 7) is 0.606. The number of carbonyl (C=O) groups is 2. The Morgan fingerprint density at radius 2 is 1.79 bits per heavy atom. The Hall–Kier alpha value is -5.04. The number of aryl methyl sites for hydroxylation is 2. The number of fused-ring (bicyclic) bond motifs is 4. The molecule has 3 aromatic heterocycles. The molecule has 0 bridgehead atoms. The average Bonchev–Trinajstić information content (AvgIpc) is 3.56. The maximum Gasteiger partial charge on any atom is 0.261 e. The van der Waals surface area contributed by atoms with Gasteiger partial charge >= 0.3 is 0 Å². The number of amides is 2. The molecule has 9 nitrogen and oxygen atoms in total. The highest BCUT2D eigenvalue weighted by molar-refractivity contribution is 6.21. The third-order valence-corrected chi connectivity index (χ3v) is 6.90. The van der Waals surface area contributed by atoms with Crippen LogP contribution in [0.2, 0.25) is 0 Å². The summed E-state index contributed by atoms with van der Waals surface area (Å²) in [6.07, 6.45) is 2.16. The first-order chi connectivity index (χ1) is 18.4. The predicted molar refractivity (Wildman–Crippen MR) is 140 cm³/mol. The van der Waals surface area contributed by atoms with E-state index in [2.05, 4.69) is 10.3 Å². The highest BCUT2D eigenvalue weighted by atomic mass is 19.1. The Morgan fingerprint density at radius 1 is 1.05 bits per heavy atom. The summed E-state index contributed by atoms with van der Waals surface area (Å²) in [7, 11) is 3.66. The number of nitrogens with one attached hydrogen (secondary N) is 1. The number of rotatable bonds is 6. The van der Waals surface area contributed by atoms with Crippen molar-refractivity contribution >= 4 is 39.7 Å². The minimum atomic E-state index is -0.517. The normalized spacial score (nSPS) is 12.9. The molecule has 0 unspecified atom stereocenters. The molecule has 2 aromatic carbocycles. The van der Waals surface area contributed by atoms with Gasteiger partial charge in [-0.2, -0.15) is 5.26 Å². The number of carbonyl (C=O) groups excluding carboxylic acids is 2. The first-order valence-corrected chi connectivity index (χ1v) is 12.1. The van der Waals surface area contributed by atoms with E-state index in [0.29, 0.717) is 52.3 Å². The third-order valence-electron chi connectivity index (χ3n) is 6.90. The molecule has 0 saturated carbocycles. The number of nitrogens with zero attached hydrogens (tertiary/aromatic N) is 6. The van der Waals surface area contributed by atoms with Crippen LogP contribution >= 0.6 is 0 Å². The molecule has 2 amide bonds. The van der Waals surface area contributed by atoms with Crippen molar-refractivity contribution in [2.24, 2.45) is 7.05 Å². The van der Waals surface area contributed by atoms with Crippen LogP contribution in [0.5, 0.6) is 0 Å². The lowest BCUT2D eigenvalue weighted by atomic mass is 10.1. The monoisotopic (exact) mass is 507 g/mol. The van der Waals surface area contributed by atoms with E-state index in [1.54, 1.807) is 43.7 Å². The first kappa shape index (κ1) is 23.4. The zero-order valence-corrected chi connectivity index (χ0v) is 20.7. The van der Waals surface area contributed by atoms with Gasteiger partial charge in [-0.1, -0.05) is 12.1 Å². The zero-order valence-electron chi connectivity index (χ0n) is 20.7. The molecule has 6 rings (SSSR count). The number of hydrogen-bond donors (Lipinski definition) is 1. The molecular weight excluding hydrogens is 485 g/mol. The van der Waals surface area contributed by atoms with Crippen molar-refractivity contribution in [2.75, 3.05) is 18.9 Å². The number of benzene rings is 2. The van der Waals surface area contributed by atoms with Crippen LogP contribution < -0.4 is 5.32 Å². The van der Waals surface area contributed by atoms with Crippen LogP contribution in [0.4, 0.5) is 10.2 Å². The van der Waals surface area contributed by atoms with E-state index in [4.69, 9.17) is 4.98 Å². The summed E-state index contributed by atoms with van der Waals surface area (Å²) >= 11 is 0. The standard InChI is InChI=1S/C28H22FN7O2/c1-31-25-23-24(34(2)15-32-23)21-13-22(17-10-16(14-30)11-18(29)12-17)35(26(21)33-25)8-5-9-36-27(37)19-6-3-4-7-20(19)28(36)38/h3-4,6-7,10-13,15H,5,8-9H2,1-2H3,(H,31,33). The van der Waals surface area contributed by atoms with Crippen molar-refractivity contribution in [1.29, 1.82) is 5.26 Å². The Morgan fingerprint density at radius 3 is 2.47 bits per heavy atom. The van der Waals surface area contributed by atoms with Gasteiger partial charge in [0.05, 0.1) is 40.3 Å². The van der Waals surface area contributed by atoms with Crippen LogP contribution in [0.15, 0.2) is 54.9 Å². The zero-order chi connectivity index (χ0) is 26.6. The maximum absolute atomic E-state index is 14.5. The molecule has 0 aliphatic carbocycles. The number of nitriles is 1. The van der Waals surface area contributed by atoms with Crippen LogP contribution in [0.1, 0.15) is 32.7 Å². The highest BCUT2D eigenvalue weighted by Crippen LogP contribution is 2.35. The van der Waals surface area contributed by atoms with E-state index >= 15 is 0 Å². The van der Waals surface area contributed by atoms with E-state index in [1.165, 1.54) is 17.0 Å². The number of halogens is 1. The molecule has 0 spiro atoms. The molecule has 0 fully saturated rings. The van der Waals surface area contributed by atoms with Gasteiger partial charge in [-0.3, -0.25) is 14.5 Å². The van der Waals surface area contributed by atoms with Crippen molar-refractivity contribution in [1.82, 2.24) is 24.0 Å². The summed E-state index contributed by atoms with van der Waals surface area (Å²) in [5.74, 6) is -0.536. The summed E-state index contributed by atoms with van der Waals surface area (Å²) in [4.78, 5) is 36.3. The fraction of sp³-hybridized carbons (Fsp3) is 0.179. The quantitative estimate of drug-likeness (QED) is 0.343. The topological polar surface area (TPSA) is 109 Å². The van der Waals surface area contributed by atoms with Crippen LogP contribution in [-0.2, 0) is 13.6 Å². The van der Waals surface area contributed by atoms with E-state index in [-0.39, 0.29) is 23.9 Å². The Bertz CT molecular complexity index is 1790. The number of imidazole rings is 1. The van der Waals surface area contributed by atoms with E-state index in [1.807, 2.05) is 28.3 Å². The molecular formula is C28H22FN7O2. The number of imide groups is 1. The number of anilines is 1. The molecule has 188 valence electrons. The molecule has 38 heavy (non-hydrogen) atoms. The maximum atomic E-state index is 14.5. The van der Waals surface area contributed by atoms with Crippen LogP contribution in [0.3, 0.4) is 0 Å². The van der Waals surface area contributed by atoms with Gasteiger partial charge in [0.1, 0.15) is 17.0 Å². The Balaban J connectivity index is 1.44. The van der Waals surface area contributed by atoms with Crippen LogP contribution in [-0.4, -0.2) is 49.4 Å². The molecule has 0 saturated heterocycles. The molecule has 5 aromatic rings. The summed E-state index contributed by atoms with van der Waals surface area (Å²) in [5.41, 5.74) is 4.43. The van der Waals surface area contributed by atoms with Gasteiger partial charge in [0.15, 0.2) is 5.82 Å². The second kappa shape index (κ2) is 8.81. The second-order valence-electron chi connectivity index (χ2n) is 9.18. The van der Waals surface area contributed by atoms with Crippen molar-refractivity contribution in [3.63, 3.8) is 0 Å². The minimum absolute atomic E-state index is 0.206. The van der Waals surface area contributed by atoms with Gasteiger partial charge in [-0.05, 0) is 42.8 Å². The third kappa shape index (κ3) is 3.51. The molecule has 0 radical (unpaired) electrons. The van der Waals surface area contributed by atoms with Crippen LogP contribution in [0, 0.1) is 17.1 Å². The summed E-state index contributed by atoms with van der Waals surface area (Å²) in [5, 5.41) is 13.3. The lowest BCUT2D eigenvalue weighted by Gasteiger charge is -2.16. The Kier molecular flexibility index (Phi) is 5.42. The van der Waals surface area contributed by atoms with Crippen molar-refractivity contribution in [3.8, 4) is 17.3 Å². The Labute approximate surface area is 216 Å². The summed E-state index contributed by atoms with van der Waals surface area (Å²) < 4.78 is 18.3. The molecule has 1 N–H and O–H groups in total. The fourth-order valence-electron chi connectivity index (χ4n) is 5.18. The number of aromatic nitrogens is 4. The van der Waals surface area contributed by atoms with Crippen molar-refractivity contribution < 1.29 is 14.0 Å². The summed E-state index contributed by atoms with van der Waals surface area (Å²) in [6, 6.07) is 14.9. The average molecular weight is 508 g/mol. The predicted octanol–water partition coefficient (Wildman–Crippen LogP) is 4.33. The highest BCUT2D eigenvalue weighted by Gasteiger charge is 2.34. The molecule has 1 aliphatic heterocycles. The molecule has 10 heteroatoms. The van der Waals surface area contributed by atoms with E-state index in [0.717, 1.165) is 10.9 Å². The minimum Gasteiger partial charge on any atom is -0.371 e. The first-order valence-electron chi connectivity index (χ1n) is 12.1. The van der Waals surface area contributed by atoms with Gasteiger partial charge in [-0.25, -0.2) is 14.4 Å². The smallest absolute Gasteiger partial charge is 0.261 e. The molecule has 0 atom stereocenters. The number of hydrogen-bond acceptors (Lipinski definition) is 6. The van der Waals surface area contributed by atoms with Crippen LogP contribution in [0.25, 0.3) is 33.3 Å². The molecule has 1 aliphatic rings. The van der Waals surface area contributed by atoms with Crippen molar-refractivity contribution in [2.45, 2.75) is 13.0 Å². The van der Waals surface area contributed by atoms with Gasteiger partial charge in [-0.15, -0.1) is 0 Å².